The Bertz CT molecular complexity index is 612. The SMILES string of the molecule is Cc1cccc(Cl)c1C.O=C(O)c1ccccc1C(=O)O. The van der Waals surface area contributed by atoms with Gasteiger partial charge in [-0.2, -0.15) is 0 Å². The van der Waals surface area contributed by atoms with E-state index < -0.39 is 11.9 Å². The van der Waals surface area contributed by atoms with Gasteiger partial charge in [0, 0.05) is 5.02 Å². The average molecular weight is 307 g/mol. The first kappa shape index (κ1) is 16.7. The maximum atomic E-state index is 10.5. The van der Waals surface area contributed by atoms with Crippen LogP contribution in [0.15, 0.2) is 42.5 Å². The quantitative estimate of drug-likeness (QED) is 0.878. The van der Waals surface area contributed by atoms with Crippen LogP contribution in [0.1, 0.15) is 31.8 Å². The molecule has 4 nitrogen and oxygen atoms in total. The van der Waals surface area contributed by atoms with Gasteiger partial charge in [-0.05, 0) is 43.2 Å². The summed E-state index contributed by atoms with van der Waals surface area (Å²) in [5, 5.41) is 18.0. The van der Waals surface area contributed by atoms with Gasteiger partial charge in [-0.15, -0.1) is 0 Å². The molecule has 0 aliphatic heterocycles. The second-order valence-electron chi connectivity index (χ2n) is 4.34. The molecule has 2 aromatic rings. The van der Waals surface area contributed by atoms with Crippen LogP contribution < -0.4 is 0 Å². The molecule has 0 amide bonds. The monoisotopic (exact) mass is 306 g/mol. The molecular weight excluding hydrogens is 292 g/mol. The molecule has 110 valence electrons. The number of carboxylic acids is 2. The van der Waals surface area contributed by atoms with Crippen molar-refractivity contribution >= 4 is 23.5 Å². The van der Waals surface area contributed by atoms with E-state index in [4.69, 9.17) is 21.8 Å². The largest absolute Gasteiger partial charge is 0.478 e. The molecule has 0 spiro atoms. The summed E-state index contributed by atoms with van der Waals surface area (Å²) in [5.74, 6) is -2.46. The second kappa shape index (κ2) is 7.45. The van der Waals surface area contributed by atoms with Gasteiger partial charge < -0.3 is 10.2 Å². The van der Waals surface area contributed by atoms with Crippen molar-refractivity contribution < 1.29 is 19.8 Å². The van der Waals surface area contributed by atoms with Crippen molar-refractivity contribution in [2.45, 2.75) is 13.8 Å². The summed E-state index contributed by atoms with van der Waals surface area (Å²) in [7, 11) is 0. The zero-order chi connectivity index (χ0) is 16.0. The summed E-state index contributed by atoms with van der Waals surface area (Å²) in [6.07, 6.45) is 0. The predicted molar refractivity (Wildman–Crippen MR) is 81.3 cm³/mol. The van der Waals surface area contributed by atoms with Gasteiger partial charge in [-0.3, -0.25) is 0 Å². The molecule has 2 rings (SSSR count). The standard InChI is InChI=1S/C8H9Cl.C8H6O4/c1-6-4-3-5-8(9)7(6)2;9-7(10)5-3-1-2-4-6(5)8(11)12/h3-5H,1-2H3;1-4H,(H,9,10)(H,11,12). The van der Waals surface area contributed by atoms with Gasteiger partial charge in [0.05, 0.1) is 11.1 Å². The molecule has 2 N–H and O–H groups in total. The van der Waals surface area contributed by atoms with Gasteiger partial charge in [-0.1, -0.05) is 35.9 Å². The van der Waals surface area contributed by atoms with E-state index in [1.165, 1.54) is 35.4 Å². The summed E-state index contributed by atoms with van der Waals surface area (Å²) >= 11 is 5.81. The van der Waals surface area contributed by atoms with Gasteiger partial charge in [-0.25, -0.2) is 9.59 Å². The van der Waals surface area contributed by atoms with Crippen LogP contribution in [-0.2, 0) is 0 Å². The first-order valence-corrected chi connectivity index (χ1v) is 6.49. The van der Waals surface area contributed by atoms with Crippen LogP contribution in [-0.4, -0.2) is 22.2 Å². The lowest BCUT2D eigenvalue weighted by Crippen LogP contribution is -2.06. The molecule has 0 unspecified atom stereocenters. The van der Waals surface area contributed by atoms with Crippen LogP contribution in [0.4, 0.5) is 0 Å². The summed E-state index contributed by atoms with van der Waals surface area (Å²) < 4.78 is 0. The summed E-state index contributed by atoms with van der Waals surface area (Å²) in [6.45, 7) is 4.08. The lowest BCUT2D eigenvalue weighted by Gasteiger charge is -1.98. The normalized spacial score (nSPS) is 9.48. The van der Waals surface area contributed by atoms with E-state index in [0.717, 1.165) is 5.02 Å². The van der Waals surface area contributed by atoms with Crippen molar-refractivity contribution in [1.82, 2.24) is 0 Å². The molecule has 0 atom stereocenters. The van der Waals surface area contributed by atoms with E-state index in [1.807, 2.05) is 19.1 Å². The maximum absolute atomic E-state index is 10.5. The summed E-state index contributed by atoms with van der Waals surface area (Å²) in [6, 6.07) is 11.4. The molecule has 0 aromatic heterocycles. The molecule has 0 aliphatic carbocycles. The zero-order valence-electron chi connectivity index (χ0n) is 11.6. The Morgan fingerprint density at radius 2 is 1.33 bits per heavy atom. The Labute approximate surface area is 127 Å². The maximum Gasteiger partial charge on any atom is 0.336 e. The zero-order valence-corrected chi connectivity index (χ0v) is 12.4. The van der Waals surface area contributed by atoms with Crippen molar-refractivity contribution in [3.63, 3.8) is 0 Å². The van der Waals surface area contributed by atoms with Crippen molar-refractivity contribution in [2.75, 3.05) is 0 Å². The number of hydrogen-bond donors (Lipinski definition) is 2. The first-order valence-electron chi connectivity index (χ1n) is 6.12. The van der Waals surface area contributed by atoms with E-state index >= 15 is 0 Å². The average Bonchev–Trinajstić information content (AvgIpc) is 2.45. The smallest absolute Gasteiger partial charge is 0.336 e. The lowest BCUT2D eigenvalue weighted by atomic mass is 10.1. The number of aromatic carboxylic acids is 2. The Hall–Kier alpha value is -2.33. The number of carbonyl (C=O) groups is 2. The number of aryl methyl sites for hydroxylation is 1. The Morgan fingerprint density at radius 1 is 0.857 bits per heavy atom. The Morgan fingerprint density at radius 3 is 1.67 bits per heavy atom. The molecule has 0 heterocycles. The minimum absolute atomic E-state index is 0.190. The van der Waals surface area contributed by atoms with E-state index in [2.05, 4.69) is 13.0 Å². The molecule has 0 saturated carbocycles. The van der Waals surface area contributed by atoms with E-state index in [0.29, 0.717) is 0 Å². The molecule has 0 saturated heterocycles. The van der Waals surface area contributed by atoms with Crippen molar-refractivity contribution in [3.8, 4) is 0 Å². The van der Waals surface area contributed by atoms with Crippen LogP contribution in [0, 0.1) is 13.8 Å². The third-order valence-corrected chi connectivity index (χ3v) is 3.34. The minimum atomic E-state index is -1.23. The van der Waals surface area contributed by atoms with Gasteiger partial charge in [0.2, 0.25) is 0 Å². The highest BCUT2D eigenvalue weighted by atomic mass is 35.5. The van der Waals surface area contributed by atoms with E-state index in [-0.39, 0.29) is 11.1 Å². The summed E-state index contributed by atoms with van der Waals surface area (Å²) in [4.78, 5) is 20.9. The third kappa shape index (κ3) is 4.61. The number of benzene rings is 2. The molecule has 0 aliphatic rings. The van der Waals surface area contributed by atoms with Crippen LogP contribution >= 0.6 is 11.6 Å². The first-order chi connectivity index (χ1) is 9.84. The van der Waals surface area contributed by atoms with Crippen LogP contribution in [0.2, 0.25) is 5.02 Å². The molecule has 0 radical (unpaired) electrons. The topological polar surface area (TPSA) is 74.6 Å². The van der Waals surface area contributed by atoms with Gasteiger partial charge >= 0.3 is 11.9 Å². The molecule has 2 aromatic carbocycles. The van der Waals surface area contributed by atoms with Crippen molar-refractivity contribution in [2.24, 2.45) is 0 Å². The van der Waals surface area contributed by atoms with Crippen molar-refractivity contribution in [3.05, 3.63) is 69.7 Å². The van der Waals surface area contributed by atoms with Gasteiger partial charge in [0.25, 0.3) is 0 Å². The fourth-order valence-electron chi connectivity index (χ4n) is 1.57. The van der Waals surface area contributed by atoms with E-state index in [9.17, 15) is 9.59 Å². The fourth-order valence-corrected chi connectivity index (χ4v) is 1.79. The molecule has 0 bridgehead atoms. The molecule has 0 fully saturated rings. The van der Waals surface area contributed by atoms with Crippen LogP contribution in [0.3, 0.4) is 0 Å². The lowest BCUT2D eigenvalue weighted by molar-refractivity contribution is 0.0651. The van der Waals surface area contributed by atoms with Crippen LogP contribution in [0.5, 0.6) is 0 Å². The van der Waals surface area contributed by atoms with Gasteiger partial charge in [0.15, 0.2) is 0 Å². The summed E-state index contributed by atoms with van der Waals surface area (Å²) in [5.41, 5.74) is 2.05. The number of hydrogen-bond acceptors (Lipinski definition) is 2. The highest BCUT2D eigenvalue weighted by Crippen LogP contribution is 2.16. The minimum Gasteiger partial charge on any atom is -0.478 e. The second-order valence-corrected chi connectivity index (χ2v) is 4.74. The van der Waals surface area contributed by atoms with Crippen LogP contribution in [0.25, 0.3) is 0 Å². The van der Waals surface area contributed by atoms with Gasteiger partial charge in [0.1, 0.15) is 0 Å². The highest BCUT2D eigenvalue weighted by molar-refractivity contribution is 6.31. The molecule has 5 heteroatoms. The van der Waals surface area contributed by atoms with E-state index in [1.54, 1.807) is 0 Å². The highest BCUT2D eigenvalue weighted by Gasteiger charge is 2.13. The molecular formula is C16H15ClO4. The Balaban J connectivity index is 0.000000219. The number of halogens is 1. The third-order valence-electron chi connectivity index (χ3n) is 2.93. The molecule has 21 heavy (non-hydrogen) atoms. The number of rotatable bonds is 2. The van der Waals surface area contributed by atoms with Crippen molar-refractivity contribution in [1.29, 1.82) is 0 Å². The fraction of sp³-hybridized carbons (Fsp3) is 0.125. The Kier molecular flexibility index (Phi) is 5.93. The predicted octanol–water partition coefficient (Wildman–Crippen LogP) is 4.04. The number of carboxylic acid groups (broad SMARTS) is 2.